The van der Waals surface area contributed by atoms with Crippen molar-refractivity contribution in [3.8, 4) is 0 Å². The molecule has 33 heteroatoms. The fourth-order valence-corrected chi connectivity index (χ4v) is 10.5. The van der Waals surface area contributed by atoms with Crippen LogP contribution in [0.2, 0.25) is 0 Å². The number of aromatic nitrogens is 4. The van der Waals surface area contributed by atoms with Crippen LogP contribution < -0.4 is 5.73 Å². The molecule has 0 aromatic carbocycles. The van der Waals surface area contributed by atoms with Crippen LogP contribution in [0, 0.1) is 0 Å². The Bertz CT molecular complexity index is 1640. The van der Waals surface area contributed by atoms with Crippen molar-refractivity contribution in [2.45, 2.75) is 24.5 Å². The highest BCUT2D eigenvalue weighted by molar-refractivity contribution is 7.72. The summed E-state index contributed by atoms with van der Waals surface area (Å²) in [6.45, 7) is -1.42. The minimum absolute atomic E-state index is 0.0252. The molecule has 1 saturated heterocycles. The van der Waals surface area contributed by atoms with Crippen LogP contribution in [0.25, 0.3) is 11.2 Å². The number of phosphoric acid groups is 6. The maximum absolute atomic E-state index is 13.0. The molecular weight excluding hydrogens is 728 g/mol. The van der Waals surface area contributed by atoms with Crippen LogP contribution in [0.5, 0.6) is 0 Å². The number of rotatable bonds is 14. The first-order chi connectivity index (χ1) is 19.3. The lowest BCUT2D eigenvalue weighted by Crippen LogP contribution is -2.33. The highest BCUT2D eigenvalue weighted by atomic mass is 31.3. The van der Waals surface area contributed by atoms with Crippen molar-refractivity contribution in [2.24, 2.45) is 0 Å². The first-order valence-electron chi connectivity index (χ1n) is 10.2. The number of aliphatic hydroxyl groups is 2. The summed E-state index contributed by atoms with van der Waals surface area (Å²) >= 11 is 0. The third-order valence-corrected chi connectivity index (χ3v) is 13.1. The molecule has 6 unspecified atom stereocenters. The van der Waals surface area contributed by atoms with Gasteiger partial charge in [-0.3, -0.25) is 9.09 Å². The van der Waals surface area contributed by atoms with Crippen LogP contribution >= 0.6 is 46.9 Å². The van der Waals surface area contributed by atoms with E-state index in [0.717, 1.165) is 17.2 Å². The minimum atomic E-state index is -6.50. The van der Waals surface area contributed by atoms with Crippen molar-refractivity contribution in [3.63, 3.8) is 0 Å². The topological polar surface area (TPSA) is 419 Å². The number of aliphatic hydroxyl groups excluding tert-OH is 2. The van der Waals surface area contributed by atoms with E-state index in [-0.39, 0.29) is 17.0 Å². The zero-order valence-electron chi connectivity index (χ0n) is 20.1. The molecule has 11 N–H and O–H groups in total. The summed E-state index contributed by atoms with van der Waals surface area (Å²) in [7, 11) is -37.3. The number of ether oxygens (including phenoxy) is 1. The van der Waals surface area contributed by atoms with Gasteiger partial charge >= 0.3 is 46.9 Å². The fourth-order valence-electron chi connectivity index (χ4n) is 3.08. The van der Waals surface area contributed by atoms with Gasteiger partial charge in [-0.2, -0.15) is 21.6 Å². The summed E-state index contributed by atoms with van der Waals surface area (Å²) in [6.07, 6.45) is -5.25. The molecular formula is C10H19N5O22P6. The predicted octanol–water partition coefficient (Wildman–Crippen LogP) is -1.28. The van der Waals surface area contributed by atoms with Gasteiger partial charge in [-0.25, -0.2) is 42.3 Å². The van der Waals surface area contributed by atoms with Gasteiger partial charge in [0.1, 0.15) is 30.2 Å². The third kappa shape index (κ3) is 10.3. The number of nitrogen functional groups attached to an aromatic ring is 1. The van der Waals surface area contributed by atoms with Crippen molar-refractivity contribution in [2.75, 3.05) is 12.3 Å². The van der Waals surface area contributed by atoms with E-state index in [1.807, 2.05) is 0 Å². The second kappa shape index (κ2) is 12.7. The average Bonchev–Trinajstić information content (AvgIpc) is 3.29. The Balaban J connectivity index is 1.86. The summed E-state index contributed by atoms with van der Waals surface area (Å²) in [4.78, 5) is 74.6. The smallest absolute Gasteiger partial charge is 0.387 e. The highest BCUT2D eigenvalue weighted by Crippen LogP contribution is 2.76. The molecule has 0 spiro atoms. The minimum Gasteiger partial charge on any atom is -0.387 e. The van der Waals surface area contributed by atoms with Crippen molar-refractivity contribution < 1.29 is 103 Å². The van der Waals surface area contributed by atoms with Crippen molar-refractivity contribution in [1.82, 2.24) is 19.5 Å². The van der Waals surface area contributed by atoms with Crippen LogP contribution in [0.4, 0.5) is 5.82 Å². The number of hydrogen-bond donors (Lipinski definition) is 10. The largest absolute Gasteiger partial charge is 0.492 e. The Morgan fingerprint density at radius 3 is 1.81 bits per heavy atom. The van der Waals surface area contributed by atoms with E-state index in [4.69, 9.17) is 30.0 Å². The molecule has 1 fully saturated rings. The number of imidazole rings is 1. The van der Waals surface area contributed by atoms with E-state index in [2.05, 4.69) is 41.0 Å². The Labute approximate surface area is 236 Å². The van der Waals surface area contributed by atoms with E-state index >= 15 is 0 Å². The molecule has 0 saturated carbocycles. The van der Waals surface area contributed by atoms with Crippen LogP contribution in [-0.4, -0.2) is 88.9 Å². The molecule has 3 rings (SSSR count). The van der Waals surface area contributed by atoms with Crippen LogP contribution in [0.1, 0.15) is 6.23 Å². The van der Waals surface area contributed by atoms with Crippen LogP contribution in [-0.2, 0) is 58.2 Å². The maximum Gasteiger partial charge on any atom is 0.492 e. The molecule has 8 atom stereocenters. The maximum atomic E-state index is 13.0. The fraction of sp³-hybridized carbons (Fsp3) is 0.500. The number of nitrogens with zero attached hydrogens (tertiary/aromatic N) is 4. The van der Waals surface area contributed by atoms with Gasteiger partial charge < -0.3 is 54.9 Å². The molecule has 1 aliphatic heterocycles. The van der Waals surface area contributed by atoms with Crippen LogP contribution in [0.15, 0.2) is 12.7 Å². The SMILES string of the molecule is Nc1ncnc2c1ncn2[C@@H]1O[C@H](COP(=O)(OP(=O)(O)OP(=O)(O)O)OP(=O)(O)OP(=O)(O)OP(=O)(O)O)C(O)C1O. The molecule has 0 aliphatic carbocycles. The molecule has 1 aliphatic rings. The van der Waals surface area contributed by atoms with Gasteiger partial charge in [0.2, 0.25) is 0 Å². The monoisotopic (exact) mass is 747 g/mol. The van der Waals surface area contributed by atoms with Crippen molar-refractivity contribution in [1.29, 1.82) is 0 Å². The number of anilines is 1. The van der Waals surface area contributed by atoms with Gasteiger partial charge in [-0.15, -0.1) is 0 Å². The molecule has 0 amide bonds. The molecule has 27 nitrogen and oxygen atoms in total. The summed E-state index contributed by atoms with van der Waals surface area (Å²) < 4.78 is 99.1. The van der Waals surface area contributed by atoms with E-state index in [1.54, 1.807) is 0 Å². The summed E-state index contributed by atoms with van der Waals surface area (Å²) in [6, 6.07) is 0. The molecule has 0 radical (unpaired) electrons. The molecule has 43 heavy (non-hydrogen) atoms. The van der Waals surface area contributed by atoms with Crippen molar-refractivity contribution in [3.05, 3.63) is 12.7 Å². The van der Waals surface area contributed by atoms with E-state index < -0.39 is 78.1 Å². The molecule has 2 aromatic rings. The predicted molar refractivity (Wildman–Crippen MR) is 128 cm³/mol. The van der Waals surface area contributed by atoms with Crippen LogP contribution in [0.3, 0.4) is 0 Å². The summed E-state index contributed by atoms with van der Waals surface area (Å²) in [5.41, 5.74) is 5.67. The quantitative estimate of drug-likeness (QED) is 0.101. The molecule has 0 bridgehead atoms. The Morgan fingerprint density at radius 1 is 0.767 bits per heavy atom. The van der Waals surface area contributed by atoms with Crippen molar-refractivity contribution >= 4 is 63.9 Å². The average molecular weight is 747 g/mol. The number of fused-ring (bicyclic) bond motifs is 1. The number of hydrogen-bond acceptors (Lipinski definition) is 19. The van der Waals surface area contributed by atoms with E-state index in [0.29, 0.717) is 0 Å². The zero-order valence-corrected chi connectivity index (χ0v) is 25.4. The lowest BCUT2D eigenvalue weighted by atomic mass is 10.1. The zero-order chi connectivity index (χ0) is 32.8. The van der Waals surface area contributed by atoms with Gasteiger partial charge in [0.05, 0.1) is 12.9 Å². The highest BCUT2D eigenvalue weighted by Gasteiger charge is 2.52. The Hall–Kier alpha value is -0.910. The summed E-state index contributed by atoms with van der Waals surface area (Å²) in [5, 5.41) is 20.9. The van der Waals surface area contributed by atoms with Gasteiger partial charge in [0.25, 0.3) is 0 Å². The summed E-state index contributed by atoms with van der Waals surface area (Å²) in [5.74, 6) is -0.0906. The third-order valence-electron chi connectivity index (χ3n) is 4.43. The lowest BCUT2D eigenvalue weighted by molar-refractivity contribution is -0.0502. The van der Waals surface area contributed by atoms with E-state index in [9.17, 15) is 52.3 Å². The molecule has 3 heterocycles. The molecule has 2 aromatic heterocycles. The first kappa shape index (κ1) is 36.6. The van der Waals surface area contributed by atoms with E-state index in [1.165, 1.54) is 0 Å². The normalized spacial score (nSPS) is 27.3. The Kier molecular flexibility index (Phi) is 10.8. The molecule has 246 valence electrons. The lowest BCUT2D eigenvalue weighted by Gasteiger charge is -2.24. The van der Waals surface area contributed by atoms with Gasteiger partial charge in [-0.1, -0.05) is 0 Å². The standard InChI is InChI=1S/C10H19N5O22P6/c11-8-5-9(13-2-12-8)15(3-14-5)10-7(17)6(16)4(32-10)1-31-43(30,36-41(26,27)34-39(21,22)23)37-42(28,29)35-40(24,25)33-38(18,19)20/h2-4,6-7,10,16-17H,1H2,(H,24,25)(H,26,27)(H,28,29)(H2,11,12,13)(H2,18,19,20)(H2,21,22,23)/t4-,6?,7?,10-,43?/m1/s1. The van der Waals surface area contributed by atoms with Gasteiger partial charge in [-0.05, 0) is 0 Å². The Morgan fingerprint density at radius 2 is 1.28 bits per heavy atom. The second-order valence-corrected chi connectivity index (χ2v) is 16.9. The second-order valence-electron chi connectivity index (χ2n) is 7.67. The van der Waals surface area contributed by atoms with Gasteiger partial charge in [0.15, 0.2) is 17.7 Å². The first-order valence-corrected chi connectivity index (χ1v) is 19.2. The number of nitrogens with two attached hydrogens (primary N) is 1. The van der Waals surface area contributed by atoms with Gasteiger partial charge in [0, 0.05) is 0 Å².